The number of ether oxygens (including phenoxy) is 2. The molecule has 0 saturated carbocycles. The SMILES string of the molecule is COc1ccc([C@H]2CCO[C@@H](c3cccc([N+](=O)[O-])c3)C2)cc1. The number of nitro benzene ring substituents is 1. The van der Waals surface area contributed by atoms with Gasteiger partial charge in [-0.3, -0.25) is 10.1 Å². The molecule has 0 unspecified atom stereocenters. The van der Waals surface area contributed by atoms with Crippen molar-refractivity contribution in [2.45, 2.75) is 24.9 Å². The Morgan fingerprint density at radius 3 is 2.65 bits per heavy atom. The molecule has 23 heavy (non-hydrogen) atoms. The number of hydrogen-bond acceptors (Lipinski definition) is 4. The van der Waals surface area contributed by atoms with E-state index in [9.17, 15) is 10.1 Å². The van der Waals surface area contributed by atoms with Crippen molar-refractivity contribution in [2.75, 3.05) is 13.7 Å². The maximum atomic E-state index is 10.9. The van der Waals surface area contributed by atoms with Crippen LogP contribution in [-0.2, 0) is 4.74 Å². The molecule has 2 atom stereocenters. The molecule has 1 aliphatic heterocycles. The van der Waals surface area contributed by atoms with Gasteiger partial charge in [-0.1, -0.05) is 24.3 Å². The summed E-state index contributed by atoms with van der Waals surface area (Å²) in [5.41, 5.74) is 2.24. The van der Waals surface area contributed by atoms with E-state index in [2.05, 4.69) is 12.1 Å². The third-order valence-corrected chi connectivity index (χ3v) is 4.32. The highest BCUT2D eigenvalue weighted by Gasteiger charge is 2.26. The highest BCUT2D eigenvalue weighted by molar-refractivity contribution is 5.36. The molecular weight excluding hydrogens is 294 g/mol. The number of non-ortho nitro benzene ring substituents is 1. The largest absolute Gasteiger partial charge is 0.497 e. The van der Waals surface area contributed by atoms with E-state index in [-0.39, 0.29) is 16.7 Å². The summed E-state index contributed by atoms with van der Waals surface area (Å²) in [6.07, 6.45) is 1.68. The Kier molecular flexibility index (Phi) is 4.57. The zero-order chi connectivity index (χ0) is 16.2. The lowest BCUT2D eigenvalue weighted by Crippen LogP contribution is -2.18. The molecule has 0 N–H and O–H groups in total. The molecule has 1 heterocycles. The zero-order valence-corrected chi connectivity index (χ0v) is 13.0. The minimum atomic E-state index is -0.368. The Bertz CT molecular complexity index is 684. The first-order valence-corrected chi connectivity index (χ1v) is 7.67. The van der Waals surface area contributed by atoms with Gasteiger partial charge in [-0.25, -0.2) is 0 Å². The zero-order valence-electron chi connectivity index (χ0n) is 13.0. The molecule has 0 bridgehead atoms. The fourth-order valence-electron chi connectivity index (χ4n) is 3.05. The Morgan fingerprint density at radius 2 is 1.96 bits per heavy atom. The van der Waals surface area contributed by atoms with Gasteiger partial charge in [-0.2, -0.15) is 0 Å². The molecule has 0 amide bonds. The predicted octanol–water partition coefficient (Wildman–Crippen LogP) is 4.24. The molecule has 0 aliphatic carbocycles. The molecule has 0 spiro atoms. The van der Waals surface area contributed by atoms with Crippen LogP contribution in [-0.4, -0.2) is 18.6 Å². The van der Waals surface area contributed by atoms with E-state index in [4.69, 9.17) is 9.47 Å². The van der Waals surface area contributed by atoms with Gasteiger partial charge in [0.15, 0.2) is 0 Å². The quantitative estimate of drug-likeness (QED) is 0.625. The molecule has 3 rings (SSSR count). The van der Waals surface area contributed by atoms with Gasteiger partial charge in [-0.05, 0) is 42.0 Å². The second-order valence-electron chi connectivity index (χ2n) is 5.71. The first-order valence-electron chi connectivity index (χ1n) is 7.67. The number of rotatable bonds is 4. The molecule has 1 saturated heterocycles. The van der Waals surface area contributed by atoms with Crippen LogP contribution in [0.5, 0.6) is 5.75 Å². The number of methoxy groups -OCH3 is 1. The molecule has 1 fully saturated rings. The molecule has 120 valence electrons. The van der Waals surface area contributed by atoms with Crippen LogP contribution in [0.15, 0.2) is 48.5 Å². The average molecular weight is 313 g/mol. The maximum absolute atomic E-state index is 10.9. The van der Waals surface area contributed by atoms with Gasteiger partial charge in [0.2, 0.25) is 0 Å². The molecule has 1 aliphatic rings. The number of nitro groups is 1. The van der Waals surface area contributed by atoms with Crippen molar-refractivity contribution in [1.29, 1.82) is 0 Å². The van der Waals surface area contributed by atoms with E-state index in [0.29, 0.717) is 12.5 Å². The van der Waals surface area contributed by atoms with Gasteiger partial charge in [0.25, 0.3) is 5.69 Å². The maximum Gasteiger partial charge on any atom is 0.269 e. The highest BCUT2D eigenvalue weighted by Crippen LogP contribution is 2.38. The van der Waals surface area contributed by atoms with E-state index < -0.39 is 0 Å². The molecule has 2 aromatic carbocycles. The Morgan fingerprint density at radius 1 is 1.17 bits per heavy atom. The topological polar surface area (TPSA) is 61.6 Å². The fourth-order valence-corrected chi connectivity index (χ4v) is 3.05. The lowest BCUT2D eigenvalue weighted by atomic mass is 9.86. The van der Waals surface area contributed by atoms with Gasteiger partial charge in [0.1, 0.15) is 5.75 Å². The molecule has 0 radical (unpaired) electrons. The second-order valence-corrected chi connectivity index (χ2v) is 5.71. The van der Waals surface area contributed by atoms with Crippen LogP contribution in [0.1, 0.15) is 36.0 Å². The summed E-state index contributed by atoms with van der Waals surface area (Å²) in [5, 5.41) is 10.9. The van der Waals surface area contributed by atoms with Crippen molar-refractivity contribution in [3.05, 3.63) is 69.8 Å². The van der Waals surface area contributed by atoms with Crippen molar-refractivity contribution in [3.8, 4) is 5.75 Å². The van der Waals surface area contributed by atoms with E-state index in [1.807, 2.05) is 18.2 Å². The third kappa shape index (κ3) is 3.51. The van der Waals surface area contributed by atoms with Crippen molar-refractivity contribution in [2.24, 2.45) is 0 Å². The van der Waals surface area contributed by atoms with Crippen LogP contribution >= 0.6 is 0 Å². The van der Waals surface area contributed by atoms with Crippen molar-refractivity contribution >= 4 is 5.69 Å². The molecule has 0 aromatic heterocycles. The fraction of sp³-hybridized carbons (Fsp3) is 0.333. The first-order chi connectivity index (χ1) is 11.2. The molecule has 5 heteroatoms. The number of nitrogens with zero attached hydrogens (tertiary/aromatic N) is 1. The van der Waals surface area contributed by atoms with E-state index in [1.165, 1.54) is 11.6 Å². The summed E-state index contributed by atoms with van der Waals surface area (Å²) < 4.78 is 11.0. The lowest BCUT2D eigenvalue weighted by Gasteiger charge is -2.30. The van der Waals surface area contributed by atoms with E-state index in [1.54, 1.807) is 19.2 Å². The normalized spacial score (nSPS) is 20.9. The van der Waals surface area contributed by atoms with Crippen molar-refractivity contribution in [1.82, 2.24) is 0 Å². The third-order valence-electron chi connectivity index (χ3n) is 4.32. The predicted molar refractivity (Wildman–Crippen MR) is 86.8 cm³/mol. The molecular formula is C18H19NO4. The van der Waals surface area contributed by atoms with Crippen LogP contribution in [0.25, 0.3) is 0 Å². The summed E-state index contributed by atoms with van der Waals surface area (Å²) in [5.74, 6) is 1.23. The average Bonchev–Trinajstić information content (AvgIpc) is 2.62. The van der Waals surface area contributed by atoms with Crippen molar-refractivity contribution in [3.63, 3.8) is 0 Å². The Labute approximate surface area is 135 Å². The Hall–Kier alpha value is -2.40. The second kappa shape index (κ2) is 6.79. The smallest absolute Gasteiger partial charge is 0.269 e. The minimum Gasteiger partial charge on any atom is -0.497 e. The van der Waals surface area contributed by atoms with Gasteiger partial charge >= 0.3 is 0 Å². The molecule has 2 aromatic rings. The number of benzene rings is 2. The molecule has 5 nitrogen and oxygen atoms in total. The summed E-state index contributed by atoms with van der Waals surface area (Å²) in [6.45, 7) is 0.657. The standard InChI is InChI=1S/C18H19NO4/c1-22-17-7-5-13(6-8-17)14-9-10-23-18(12-14)15-3-2-4-16(11-15)19(20)21/h2-8,11,14,18H,9-10,12H2,1H3/t14-,18+/m0/s1. The summed E-state index contributed by atoms with van der Waals surface area (Å²) in [6, 6.07) is 14.8. The van der Waals surface area contributed by atoms with Gasteiger partial charge in [0, 0.05) is 18.7 Å². The van der Waals surface area contributed by atoms with Crippen LogP contribution in [0.4, 0.5) is 5.69 Å². The lowest BCUT2D eigenvalue weighted by molar-refractivity contribution is -0.385. The summed E-state index contributed by atoms with van der Waals surface area (Å²) in [4.78, 5) is 10.6. The Balaban J connectivity index is 1.77. The van der Waals surface area contributed by atoms with Crippen LogP contribution in [0, 0.1) is 10.1 Å². The highest BCUT2D eigenvalue weighted by atomic mass is 16.6. The van der Waals surface area contributed by atoms with Gasteiger partial charge < -0.3 is 9.47 Å². The summed E-state index contributed by atoms with van der Waals surface area (Å²) >= 11 is 0. The first kappa shape index (κ1) is 15.5. The monoisotopic (exact) mass is 313 g/mol. The van der Waals surface area contributed by atoms with Gasteiger partial charge in [-0.15, -0.1) is 0 Å². The van der Waals surface area contributed by atoms with Crippen LogP contribution < -0.4 is 4.74 Å². The minimum absolute atomic E-state index is 0.101. The van der Waals surface area contributed by atoms with Crippen LogP contribution in [0.3, 0.4) is 0 Å². The van der Waals surface area contributed by atoms with E-state index >= 15 is 0 Å². The summed E-state index contributed by atoms with van der Waals surface area (Å²) in [7, 11) is 1.65. The van der Waals surface area contributed by atoms with E-state index in [0.717, 1.165) is 24.2 Å². The van der Waals surface area contributed by atoms with Crippen LogP contribution in [0.2, 0.25) is 0 Å². The van der Waals surface area contributed by atoms with Crippen molar-refractivity contribution < 1.29 is 14.4 Å². The van der Waals surface area contributed by atoms with Gasteiger partial charge in [0.05, 0.1) is 18.1 Å². The number of hydrogen-bond donors (Lipinski definition) is 0.